The van der Waals surface area contributed by atoms with Crippen molar-refractivity contribution in [3.05, 3.63) is 0 Å². The van der Waals surface area contributed by atoms with E-state index in [1.54, 1.807) is 0 Å². The molecule has 0 aromatic carbocycles. The number of fused-ring (bicyclic) bond motifs is 2. The van der Waals surface area contributed by atoms with Gasteiger partial charge in [-0.1, -0.05) is 0 Å². The van der Waals surface area contributed by atoms with Crippen LogP contribution in [0.2, 0.25) is 0 Å². The number of piperidine rings is 1. The molecular formula is C9H17N3S. The zero-order chi connectivity index (χ0) is 9.42. The third-order valence-corrected chi connectivity index (χ3v) is 3.63. The summed E-state index contributed by atoms with van der Waals surface area (Å²) in [6, 6.07) is 1.61. The van der Waals surface area contributed by atoms with Gasteiger partial charge in [-0.05, 0) is 37.9 Å². The van der Waals surface area contributed by atoms with Crippen LogP contribution in [0.1, 0.15) is 25.7 Å². The fraction of sp³-hybridized carbons (Fsp3) is 0.889. The highest BCUT2D eigenvalue weighted by Crippen LogP contribution is 2.34. The maximum absolute atomic E-state index is 5.97. The molecule has 0 aromatic heterocycles. The molecule has 2 fully saturated rings. The molecule has 2 rings (SSSR count). The minimum atomic E-state index is 0.397. The average Bonchev–Trinajstić information content (AvgIpc) is 2.37. The quantitative estimate of drug-likeness (QED) is 0.556. The van der Waals surface area contributed by atoms with Gasteiger partial charge in [-0.15, -0.1) is 0 Å². The molecule has 0 unspecified atom stereocenters. The Morgan fingerprint density at radius 1 is 1.38 bits per heavy atom. The van der Waals surface area contributed by atoms with Gasteiger partial charge in [-0.25, -0.2) is 0 Å². The molecule has 0 amide bonds. The van der Waals surface area contributed by atoms with E-state index >= 15 is 0 Å². The number of nitrogens with one attached hydrogen (secondary N) is 1. The highest BCUT2D eigenvalue weighted by Gasteiger charge is 2.40. The van der Waals surface area contributed by atoms with Gasteiger partial charge in [0, 0.05) is 25.2 Å². The van der Waals surface area contributed by atoms with Crippen molar-refractivity contribution in [2.24, 2.45) is 5.73 Å². The molecule has 0 aliphatic carbocycles. The van der Waals surface area contributed by atoms with Crippen molar-refractivity contribution >= 4 is 17.3 Å². The molecule has 0 spiro atoms. The highest BCUT2D eigenvalue weighted by molar-refractivity contribution is 7.80. The van der Waals surface area contributed by atoms with Crippen molar-refractivity contribution < 1.29 is 0 Å². The van der Waals surface area contributed by atoms with E-state index < -0.39 is 0 Å². The lowest BCUT2D eigenvalue weighted by molar-refractivity contribution is 0.214. The molecule has 3 N–H and O–H groups in total. The first kappa shape index (κ1) is 9.21. The van der Waals surface area contributed by atoms with Gasteiger partial charge in [0.15, 0.2) is 5.11 Å². The largest absolute Gasteiger partial charge is 0.366 e. The van der Waals surface area contributed by atoms with Crippen molar-refractivity contribution in [1.29, 1.82) is 0 Å². The lowest BCUT2D eigenvalue weighted by Crippen LogP contribution is -2.52. The topological polar surface area (TPSA) is 41.3 Å². The van der Waals surface area contributed by atoms with Crippen LogP contribution in [0.5, 0.6) is 0 Å². The Hall–Kier alpha value is -0.350. The van der Waals surface area contributed by atoms with E-state index in [4.69, 9.17) is 18.0 Å². The summed E-state index contributed by atoms with van der Waals surface area (Å²) >= 11 is 5.28. The fourth-order valence-electron chi connectivity index (χ4n) is 2.68. The first-order chi connectivity index (χ1) is 6.22. The van der Waals surface area contributed by atoms with Crippen LogP contribution in [0.4, 0.5) is 0 Å². The normalized spacial score (nSPS) is 37.7. The summed E-state index contributed by atoms with van der Waals surface area (Å²) in [7, 11) is 1.90. The predicted molar refractivity (Wildman–Crippen MR) is 57.5 cm³/mol. The molecule has 2 bridgehead atoms. The zero-order valence-corrected chi connectivity index (χ0v) is 8.81. The maximum Gasteiger partial charge on any atom is 0.169 e. The Morgan fingerprint density at radius 2 is 1.92 bits per heavy atom. The van der Waals surface area contributed by atoms with Crippen molar-refractivity contribution in [2.75, 3.05) is 7.05 Å². The minimum absolute atomic E-state index is 0.397. The molecule has 0 aromatic rings. The SMILES string of the molecule is CNC(=S)N1[C@@H]2CC[C@H]1C[C@@H](N)C2. The van der Waals surface area contributed by atoms with Gasteiger partial charge in [0.1, 0.15) is 0 Å². The van der Waals surface area contributed by atoms with Gasteiger partial charge in [0.05, 0.1) is 0 Å². The Bertz CT molecular complexity index is 205. The number of hydrogen-bond donors (Lipinski definition) is 2. The molecule has 3 nitrogen and oxygen atoms in total. The van der Waals surface area contributed by atoms with Gasteiger partial charge in [0.25, 0.3) is 0 Å². The van der Waals surface area contributed by atoms with Crippen molar-refractivity contribution in [3.8, 4) is 0 Å². The van der Waals surface area contributed by atoms with Gasteiger partial charge in [-0.3, -0.25) is 0 Å². The summed E-state index contributed by atoms with van der Waals surface area (Å²) in [6.45, 7) is 0. The van der Waals surface area contributed by atoms with E-state index in [0.29, 0.717) is 18.1 Å². The van der Waals surface area contributed by atoms with Crippen molar-refractivity contribution in [3.63, 3.8) is 0 Å². The smallest absolute Gasteiger partial charge is 0.169 e. The molecule has 2 heterocycles. The molecule has 2 saturated heterocycles. The molecule has 74 valence electrons. The average molecular weight is 199 g/mol. The molecule has 2 aliphatic heterocycles. The highest BCUT2D eigenvalue weighted by atomic mass is 32.1. The van der Waals surface area contributed by atoms with E-state index in [1.807, 2.05) is 7.05 Å². The van der Waals surface area contributed by atoms with Crippen molar-refractivity contribution in [1.82, 2.24) is 10.2 Å². The predicted octanol–water partition coefficient (Wildman–Crippen LogP) is 0.445. The van der Waals surface area contributed by atoms with Gasteiger partial charge in [0.2, 0.25) is 0 Å². The Balaban J connectivity index is 2.10. The van der Waals surface area contributed by atoms with Gasteiger partial charge >= 0.3 is 0 Å². The third kappa shape index (κ3) is 1.53. The Labute approximate surface area is 84.7 Å². The first-order valence-corrected chi connectivity index (χ1v) is 5.39. The van der Waals surface area contributed by atoms with Crippen molar-refractivity contribution in [2.45, 2.75) is 43.8 Å². The second-order valence-electron chi connectivity index (χ2n) is 4.08. The molecule has 3 atom stereocenters. The monoisotopic (exact) mass is 199 g/mol. The summed E-state index contributed by atoms with van der Waals surface area (Å²) in [5.41, 5.74) is 5.97. The van der Waals surface area contributed by atoms with Gasteiger partial charge < -0.3 is 16.0 Å². The van der Waals surface area contributed by atoms with E-state index in [0.717, 1.165) is 18.0 Å². The van der Waals surface area contributed by atoms with Crippen LogP contribution in [-0.4, -0.2) is 35.2 Å². The Morgan fingerprint density at radius 3 is 2.38 bits per heavy atom. The van der Waals surface area contributed by atoms with Crippen LogP contribution >= 0.6 is 12.2 Å². The van der Waals surface area contributed by atoms with Crippen LogP contribution in [0.15, 0.2) is 0 Å². The standard InChI is InChI=1S/C9H17N3S/c1-11-9(13)12-7-2-3-8(12)5-6(10)4-7/h6-8H,2-5,10H2,1H3,(H,11,13)/t6-,7+,8-. The summed E-state index contributed by atoms with van der Waals surface area (Å²) in [5.74, 6) is 0. The fourth-order valence-corrected chi connectivity index (χ4v) is 2.98. The second kappa shape index (κ2) is 3.42. The van der Waals surface area contributed by atoms with E-state index in [-0.39, 0.29) is 0 Å². The molecule has 0 saturated carbocycles. The zero-order valence-electron chi connectivity index (χ0n) is 7.99. The lowest BCUT2D eigenvalue weighted by atomic mass is 9.99. The van der Waals surface area contributed by atoms with E-state index in [9.17, 15) is 0 Å². The Kier molecular flexibility index (Phi) is 2.43. The van der Waals surface area contributed by atoms with E-state index in [2.05, 4.69) is 10.2 Å². The molecule has 0 radical (unpaired) electrons. The van der Waals surface area contributed by atoms with Crippen LogP contribution in [0.3, 0.4) is 0 Å². The molecule has 4 heteroatoms. The molecule has 2 aliphatic rings. The number of nitrogens with zero attached hydrogens (tertiary/aromatic N) is 1. The van der Waals surface area contributed by atoms with Gasteiger partial charge in [-0.2, -0.15) is 0 Å². The second-order valence-corrected chi connectivity index (χ2v) is 4.47. The number of thiocarbonyl (C=S) groups is 1. The number of rotatable bonds is 0. The first-order valence-electron chi connectivity index (χ1n) is 4.98. The molecule has 13 heavy (non-hydrogen) atoms. The molecular weight excluding hydrogens is 182 g/mol. The van der Waals surface area contributed by atoms with Crippen LogP contribution < -0.4 is 11.1 Å². The summed E-state index contributed by atoms with van der Waals surface area (Å²) < 4.78 is 0. The summed E-state index contributed by atoms with van der Waals surface area (Å²) in [6.07, 6.45) is 4.75. The maximum atomic E-state index is 5.97. The summed E-state index contributed by atoms with van der Waals surface area (Å²) in [5, 5.41) is 3.97. The van der Waals surface area contributed by atoms with E-state index in [1.165, 1.54) is 12.8 Å². The number of nitrogens with two attached hydrogens (primary N) is 1. The summed E-state index contributed by atoms with van der Waals surface area (Å²) in [4.78, 5) is 2.36. The van der Waals surface area contributed by atoms with Crippen LogP contribution in [0, 0.1) is 0 Å². The minimum Gasteiger partial charge on any atom is -0.366 e. The van der Waals surface area contributed by atoms with Crippen LogP contribution in [-0.2, 0) is 0 Å². The number of hydrogen-bond acceptors (Lipinski definition) is 2. The third-order valence-electron chi connectivity index (χ3n) is 3.22. The lowest BCUT2D eigenvalue weighted by Gasteiger charge is -2.39. The van der Waals surface area contributed by atoms with Crippen LogP contribution in [0.25, 0.3) is 0 Å².